The molecule has 0 aromatic heterocycles. The molecule has 1 aliphatic carbocycles. The topological polar surface area (TPSA) is 15.3 Å². The molecule has 1 aliphatic rings. The van der Waals surface area contributed by atoms with Gasteiger partial charge in [-0.3, -0.25) is 0 Å². The van der Waals surface area contributed by atoms with E-state index in [-0.39, 0.29) is 0 Å². The fourth-order valence-corrected chi connectivity index (χ4v) is 3.81. The molecule has 0 bridgehead atoms. The SMILES string of the molecule is CCNC1CCC(C)CC1CN(C)Cc1ccccc1Cl. The normalized spacial score (nSPS) is 26.2. The summed E-state index contributed by atoms with van der Waals surface area (Å²) in [5, 5.41) is 4.56. The Morgan fingerprint density at radius 3 is 2.76 bits per heavy atom. The van der Waals surface area contributed by atoms with Crippen molar-refractivity contribution in [3.05, 3.63) is 34.9 Å². The van der Waals surface area contributed by atoms with Crippen LogP contribution in [0.25, 0.3) is 0 Å². The lowest BCUT2D eigenvalue weighted by Gasteiger charge is -2.37. The van der Waals surface area contributed by atoms with Crippen molar-refractivity contribution in [2.24, 2.45) is 11.8 Å². The third kappa shape index (κ3) is 4.98. The molecule has 0 heterocycles. The second-order valence-corrected chi connectivity index (χ2v) is 7.04. The molecule has 118 valence electrons. The summed E-state index contributed by atoms with van der Waals surface area (Å²) in [6.07, 6.45) is 4.02. The second-order valence-electron chi connectivity index (χ2n) is 6.63. The molecule has 3 unspecified atom stereocenters. The van der Waals surface area contributed by atoms with Crippen LogP contribution in [0.4, 0.5) is 0 Å². The third-order valence-corrected chi connectivity index (χ3v) is 5.02. The zero-order valence-corrected chi connectivity index (χ0v) is 14.4. The molecular weight excluding hydrogens is 280 g/mol. The van der Waals surface area contributed by atoms with Gasteiger partial charge in [-0.05, 0) is 56.3 Å². The van der Waals surface area contributed by atoms with Crippen LogP contribution >= 0.6 is 11.6 Å². The Bertz CT molecular complexity index is 435. The highest BCUT2D eigenvalue weighted by molar-refractivity contribution is 6.31. The first-order valence-corrected chi connectivity index (χ1v) is 8.63. The molecule has 0 saturated heterocycles. The maximum Gasteiger partial charge on any atom is 0.0451 e. The molecule has 1 aromatic carbocycles. The predicted molar refractivity (Wildman–Crippen MR) is 91.8 cm³/mol. The monoisotopic (exact) mass is 308 g/mol. The van der Waals surface area contributed by atoms with Crippen molar-refractivity contribution < 1.29 is 0 Å². The fourth-order valence-electron chi connectivity index (χ4n) is 3.61. The van der Waals surface area contributed by atoms with Crippen molar-refractivity contribution in [2.45, 2.75) is 45.7 Å². The number of hydrogen-bond acceptors (Lipinski definition) is 2. The third-order valence-electron chi connectivity index (χ3n) is 4.66. The van der Waals surface area contributed by atoms with Gasteiger partial charge in [0.15, 0.2) is 0 Å². The van der Waals surface area contributed by atoms with Crippen LogP contribution in [-0.2, 0) is 6.54 Å². The van der Waals surface area contributed by atoms with Gasteiger partial charge in [0.1, 0.15) is 0 Å². The summed E-state index contributed by atoms with van der Waals surface area (Å²) >= 11 is 6.27. The van der Waals surface area contributed by atoms with Gasteiger partial charge in [-0.25, -0.2) is 0 Å². The Labute approximate surface area is 134 Å². The van der Waals surface area contributed by atoms with Gasteiger partial charge in [0.2, 0.25) is 0 Å². The lowest BCUT2D eigenvalue weighted by Crippen LogP contribution is -2.44. The zero-order chi connectivity index (χ0) is 15.2. The van der Waals surface area contributed by atoms with Gasteiger partial charge in [-0.1, -0.05) is 43.6 Å². The first-order valence-electron chi connectivity index (χ1n) is 8.25. The van der Waals surface area contributed by atoms with Crippen LogP contribution in [-0.4, -0.2) is 31.1 Å². The molecule has 3 atom stereocenters. The van der Waals surface area contributed by atoms with Crippen molar-refractivity contribution in [1.82, 2.24) is 10.2 Å². The summed E-state index contributed by atoms with van der Waals surface area (Å²) in [6, 6.07) is 8.86. The number of benzene rings is 1. The highest BCUT2D eigenvalue weighted by atomic mass is 35.5. The molecule has 1 saturated carbocycles. The van der Waals surface area contributed by atoms with E-state index >= 15 is 0 Å². The lowest BCUT2D eigenvalue weighted by molar-refractivity contribution is 0.158. The Kier molecular flexibility index (Phi) is 6.53. The Hall–Kier alpha value is -0.570. The number of halogens is 1. The Balaban J connectivity index is 1.93. The smallest absolute Gasteiger partial charge is 0.0451 e. The number of hydrogen-bond donors (Lipinski definition) is 1. The van der Waals surface area contributed by atoms with Crippen LogP contribution < -0.4 is 5.32 Å². The van der Waals surface area contributed by atoms with Crippen molar-refractivity contribution >= 4 is 11.6 Å². The van der Waals surface area contributed by atoms with E-state index in [9.17, 15) is 0 Å². The van der Waals surface area contributed by atoms with Crippen LogP contribution in [0, 0.1) is 11.8 Å². The molecule has 2 rings (SSSR count). The average Bonchev–Trinajstić information content (AvgIpc) is 2.44. The van der Waals surface area contributed by atoms with E-state index in [1.165, 1.54) is 24.8 Å². The zero-order valence-electron chi connectivity index (χ0n) is 13.6. The van der Waals surface area contributed by atoms with Crippen LogP contribution in [0.3, 0.4) is 0 Å². The Morgan fingerprint density at radius 2 is 2.05 bits per heavy atom. The molecule has 3 heteroatoms. The fraction of sp³-hybridized carbons (Fsp3) is 0.667. The molecule has 1 N–H and O–H groups in total. The highest BCUT2D eigenvalue weighted by Crippen LogP contribution is 2.30. The standard InChI is InChI=1S/C18H29ClN2/c1-4-20-18-10-9-14(2)11-16(18)13-21(3)12-15-7-5-6-8-17(15)19/h5-8,14,16,18,20H,4,9-13H2,1-3H3. The highest BCUT2D eigenvalue weighted by Gasteiger charge is 2.28. The lowest BCUT2D eigenvalue weighted by atomic mass is 9.78. The number of nitrogens with zero attached hydrogens (tertiary/aromatic N) is 1. The van der Waals surface area contributed by atoms with E-state index in [4.69, 9.17) is 11.6 Å². The molecule has 2 nitrogen and oxygen atoms in total. The molecular formula is C18H29ClN2. The van der Waals surface area contributed by atoms with E-state index in [0.717, 1.165) is 36.5 Å². The first-order chi connectivity index (χ1) is 10.1. The molecule has 0 aliphatic heterocycles. The summed E-state index contributed by atoms with van der Waals surface area (Å²) in [5.41, 5.74) is 1.23. The van der Waals surface area contributed by atoms with Crippen molar-refractivity contribution in [3.63, 3.8) is 0 Å². The van der Waals surface area contributed by atoms with Gasteiger partial charge in [-0.15, -0.1) is 0 Å². The average molecular weight is 309 g/mol. The van der Waals surface area contributed by atoms with Gasteiger partial charge >= 0.3 is 0 Å². The van der Waals surface area contributed by atoms with Gasteiger partial charge < -0.3 is 10.2 Å². The van der Waals surface area contributed by atoms with E-state index in [1.807, 2.05) is 12.1 Å². The molecule has 0 amide bonds. The second kappa shape index (κ2) is 8.17. The first kappa shape index (κ1) is 16.8. The molecule has 1 fully saturated rings. The van der Waals surface area contributed by atoms with Crippen molar-refractivity contribution in [2.75, 3.05) is 20.1 Å². The summed E-state index contributed by atoms with van der Waals surface area (Å²) in [5.74, 6) is 1.61. The minimum atomic E-state index is 0.680. The summed E-state index contributed by atoms with van der Waals surface area (Å²) in [7, 11) is 2.21. The minimum absolute atomic E-state index is 0.680. The number of rotatable bonds is 6. The largest absolute Gasteiger partial charge is 0.314 e. The van der Waals surface area contributed by atoms with Gasteiger partial charge in [0.25, 0.3) is 0 Å². The van der Waals surface area contributed by atoms with E-state index in [0.29, 0.717) is 6.04 Å². The van der Waals surface area contributed by atoms with Crippen molar-refractivity contribution in [3.8, 4) is 0 Å². The number of nitrogens with one attached hydrogen (secondary N) is 1. The summed E-state index contributed by atoms with van der Waals surface area (Å²) in [4.78, 5) is 2.42. The molecule has 0 spiro atoms. The van der Waals surface area contributed by atoms with Crippen molar-refractivity contribution in [1.29, 1.82) is 0 Å². The van der Waals surface area contributed by atoms with Crippen LogP contribution in [0.2, 0.25) is 5.02 Å². The maximum atomic E-state index is 6.27. The van der Waals surface area contributed by atoms with Crippen LogP contribution in [0.1, 0.15) is 38.7 Å². The molecule has 1 aromatic rings. The quantitative estimate of drug-likeness (QED) is 0.848. The Morgan fingerprint density at radius 1 is 1.29 bits per heavy atom. The van der Waals surface area contributed by atoms with E-state index < -0.39 is 0 Å². The van der Waals surface area contributed by atoms with Gasteiger partial charge in [0.05, 0.1) is 0 Å². The van der Waals surface area contributed by atoms with Gasteiger partial charge in [0, 0.05) is 24.2 Å². The van der Waals surface area contributed by atoms with Crippen LogP contribution in [0.5, 0.6) is 0 Å². The molecule has 21 heavy (non-hydrogen) atoms. The summed E-state index contributed by atoms with van der Waals surface area (Å²) in [6.45, 7) is 7.76. The van der Waals surface area contributed by atoms with E-state index in [1.54, 1.807) is 0 Å². The molecule has 0 radical (unpaired) electrons. The van der Waals surface area contributed by atoms with Crippen LogP contribution in [0.15, 0.2) is 24.3 Å². The minimum Gasteiger partial charge on any atom is -0.314 e. The summed E-state index contributed by atoms with van der Waals surface area (Å²) < 4.78 is 0. The van der Waals surface area contributed by atoms with E-state index in [2.05, 4.69) is 43.2 Å². The maximum absolute atomic E-state index is 6.27. The predicted octanol–water partition coefficient (Wildman–Crippen LogP) is 4.19. The van der Waals surface area contributed by atoms with Gasteiger partial charge in [-0.2, -0.15) is 0 Å².